The van der Waals surface area contributed by atoms with Gasteiger partial charge in [0.25, 0.3) is 5.91 Å². The maximum atomic E-state index is 13.2. The van der Waals surface area contributed by atoms with Crippen LogP contribution in [0, 0.1) is 0 Å². The lowest BCUT2D eigenvalue weighted by atomic mass is 10.0. The average Bonchev–Trinajstić information content (AvgIpc) is 3.04. The van der Waals surface area contributed by atoms with Crippen LogP contribution in [0.5, 0.6) is 5.75 Å². The number of hydrogen-bond donors (Lipinski definition) is 2. The Hall–Kier alpha value is -3.32. The number of nitrogens with zero attached hydrogens (tertiary/aromatic N) is 1. The summed E-state index contributed by atoms with van der Waals surface area (Å²) in [6.07, 6.45) is 0.817. The van der Waals surface area contributed by atoms with E-state index in [1.807, 2.05) is 54.6 Å². The summed E-state index contributed by atoms with van der Waals surface area (Å²) in [5.41, 5.74) is 1.74. The summed E-state index contributed by atoms with van der Waals surface area (Å²) in [5, 5.41) is 6.25. The molecule has 2 aromatic rings. The van der Waals surface area contributed by atoms with Gasteiger partial charge >= 0.3 is 0 Å². The maximum absolute atomic E-state index is 13.2. The van der Waals surface area contributed by atoms with Gasteiger partial charge in [-0.05, 0) is 29.8 Å². The number of nitrogens with one attached hydrogen (secondary N) is 2. The Morgan fingerprint density at radius 3 is 2.43 bits per heavy atom. The summed E-state index contributed by atoms with van der Waals surface area (Å²) in [4.78, 5) is 27.6. The zero-order valence-electron chi connectivity index (χ0n) is 17.2. The second-order valence-corrected chi connectivity index (χ2v) is 6.98. The number of likely N-dealkylation sites (tertiary alicyclic amines) is 1. The zero-order chi connectivity index (χ0) is 21.5. The fourth-order valence-electron chi connectivity index (χ4n) is 3.63. The third-order valence-electron chi connectivity index (χ3n) is 5.11. The molecule has 0 bridgehead atoms. The molecule has 7 heteroatoms. The molecule has 1 fully saturated rings. The molecule has 0 radical (unpaired) electrons. The van der Waals surface area contributed by atoms with E-state index in [0.29, 0.717) is 6.54 Å². The topological polar surface area (TPSA) is 79.9 Å². The van der Waals surface area contributed by atoms with Crippen LogP contribution in [0.4, 0.5) is 5.69 Å². The van der Waals surface area contributed by atoms with Crippen molar-refractivity contribution in [3.8, 4) is 5.75 Å². The molecule has 1 saturated heterocycles. The van der Waals surface area contributed by atoms with Gasteiger partial charge in [0, 0.05) is 25.9 Å². The maximum Gasteiger partial charge on any atom is 0.254 e. The summed E-state index contributed by atoms with van der Waals surface area (Å²) >= 11 is 0. The Balaban J connectivity index is 1.83. The lowest BCUT2D eigenvalue weighted by molar-refractivity contribution is -0.139. The molecule has 158 valence electrons. The van der Waals surface area contributed by atoms with Gasteiger partial charge < -0.3 is 25.0 Å². The lowest BCUT2D eigenvalue weighted by Gasteiger charge is -2.27. The summed E-state index contributed by atoms with van der Waals surface area (Å²) in [6, 6.07) is 15.6. The summed E-state index contributed by atoms with van der Waals surface area (Å²) in [7, 11) is 3.07. The van der Waals surface area contributed by atoms with Crippen LogP contribution in [0.2, 0.25) is 0 Å². The average molecular weight is 409 g/mol. The normalized spacial score (nSPS) is 20.7. The number of ether oxygens (including phenoxy) is 2. The van der Waals surface area contributed by atoms with Gasteiger partial charge in [0.1, 0.15) is 11.8 Å². The van der Waals surface area contributed by atoms with Crippen LogP contribution in [0.25, 0.3) is 0 Å². The Labute approximate surface area is 176 Å². The van der Waals surface area contributed by atoms with Crippen LogP contribution >= 0.6 is 0 Å². The van der Waals surface area contributed by atoms with E-state index in [4.69, 9.17) is 9.47 Å². The van der Waals surface area contributed by atoms with Crippen molar-refractivity contribution in [3.05, 3.63) is 72.8 Å². The lowest BCUT2D eigenvalue weighted by Crippen LogP contribution is -2.51. The Morgan fingerprint density at radius 2 is 1.83 bits per heavy atom. The molecule has 3 rings (SSSR count). The van der Waals surface area contributed by atoms with E-state index < -0.39 is 18.2 Å². The standard InChI is InChI=1S/C23H27N3O4/c1-4-14-26-20(22(27)24-15-16-8-6-5-7-9-16)19(21(30-3)23(26)28)25-17-10-12-18(29-2)13-11-17/h4-13,19-21,25H,1,14-15H2,2-3H3,(H,24,27)/t19-,20+,21+/m0/s1. The van der Waals surface area contributed by atoms with Gasteiger partial charge in [-0.25, -0.2) is 0 Å². The number of amides is 2. The molecule has 0 spiro atoms. The molecule has 7 nitrogen and oxygen atoms in total. The molecule has 1 aliphatic rings. The smallest absolute Gasteiger partial charge is 0.254 e. The van der Waals surface area contributed by atoms with Gasteiger partial charge in [-0.2, -0.15) is 0 Å². The van der Waals surface area contributed by atoms with E-state index in [9.17, 15) is 9.59 Å². The van der Waals surface area contributed by atoms with Gasteiger partial charge in [0.05, 0.1) is 13.2 Å². The minimum absolute atomic E-state index is 0.247. The van der Waals surface area contributed by atoms with Crippen LogP contribution in [0.1, 0.15) is 5.56 Å². The number of carbonyl (C=O) groups is 2. The predicted octanol–water partition coefficient (Wildman–Crippen LogP) is 2.20. The first-order chi connectivity index (χ1) is 14.6. The predicted molar refractivity (Wildman–Crippen MR) is 115 cm³/mol. The Bertz CT molecular complexity index is 870. The van der Waals surface area contributed by atoms with Crippen molar-refractivity contribution < 1.29 is 19.1 Å². The molecule has 0 aliphatic carbocycles. The van der Waals surface area contributed by atoms with Crippen molar-refractivity contribution in [1.29, 1.82) is 0 Å². The van der Waals surface area contributed by atoms with E-state index in [1.54, 1.807) is 13.2 Å². The minimum atomic E-state index is -0.792. The van der Waals surface area contributed by atoms with Crippen LogP contribution in [0.3, 0.4) is 0 Å². The molecule has 2 amide bonds. The highest BCUT2D eigenvalue weighted by molar-refractivity contribution is 5.96. The highest BCUT2D eigenvalue weighted by atomic mass is 16.5. The highest BCUT2D eigenvalue weighted by Gasteiger charge is 2.51. The number of hydrogen-bond acceptors (Lipinski definition) is 5. The number of anilines is 1. The molecule has 0 aromatic heterocycles. The van der Waals surface area contributed by atoms with Crippen molar-refractivity contribution in [1.82, 2.24) is 10.2 Å². The molecule has 0 saturated carbocycles. The van der Waals surface area contributed by atoms with E-state index in [-0.39, 0.29) is 18.4 Å². The van der Waals surface area contributed by atoms with Crippen molar-refractivity contribution in [3.63, 3.8) is 0 Å². The number of rotatable bonds is 9. The first-order valence-corrected chi connectivity index (χ1v) is 9.75. The largest absolute Gasteiger partial charge is 0.497 e. The van der Waals surface area contributed by atoms with Gasteiger partial charge in [-0.15, -0.1) is 6.58 Å². The van der Waals surface area contributed by atoms with Gasteiger partial charge in [0.2, 0.25) is 5.91 Å². The Kier molecular flexibility index (Phi) is 7.08. The molecular weight excluding hydrogens is 382 g/mol. The third-order valence-corrected chi connectivity index (χ3v) is 5.11. The first kappa shape index (κ1) is 21.4. The molecule has 2 N–H and O–H groups in total. The fraction of sp³-hybridized carbons (Fsp3) is 0.304. The van der Waals surface area contributed by atoms with E-state index in [0.717, 1.165) is 17.0 Å². The van der Waals surface area contributed by atoms with Gasteiger partial charge in [-0.1, -0.05) is 36.4 Å². The van der Waals surface area contributed by atoms with Crippen LogP contribution in [-0.2, 0) is 20.9 Å². The Morgan fingerprint density at radius 1 is 1.13 bits per heavy atom. The molecule has 3 atom stereocenters. The number of benzene rings is 2. The minimum Gasteiger partial charge on any atom is -0.497 e. The second kappa shape index (κ2) is 9.93. The van der Waals surface area contributed by atoms with Crippen LogP contribution in [-0.4, -0.2) is 55.7 Å². The van der Waals surface area contributed by atoms with Gasteiger partial charge in [-0.3, -0.25) is 9.59 Å². The quantitative estimate of drug-likeness (QED) is 0.621. The summed E-state index contributed by atoms with van der Waals surface area (Å²) < 4.78 is 10.7. The molecule has 1 heterocycles. The molecule has 30 heavy (non-hydrogen) atoms. The third kappa shape index (κ3) is 4.63. The van der Waals surface area contributed by atoms with Crippen molar-refractivity contribution in [2.45, 2.75) is 24.7 Å². The first-order valence-electron chi connectivity index (χ1n) is 9.75. The van der Waals surface area contributed by atoms with Crippen LogP contribution in [0.15, 0.2) is 67.3 Å². The van der Waals surface area contributed by atoms with Gasteiger partial charge in [0.15, 0.2) is 6.10 Å². The highest BCUT2D eigenvalue weighted by Crippen LogP contribution is 2.27. The summed E-state index contributed by atoms with van der Waals surface area (Å²) in [6.45, 7) is 4.35. The molecule has 2 aromatic carbocycles. The molecule has 1 aliphatic heterocycles. The van der Waals surface area contributed by atoms with E-state index >= 15 is 0 Å². The monoisotopic (exact) mass is 409 g/mol. The molecule has 0 unspecified atom stereocenters. The summed E-state index contributed by atoms with van der Waals surface area (Å²) in [5.74, 6) is 0.222. The fourth-order valence-corrected chi connectivity index (χ4v) is 3.63. The number of carbonyl (C=O) groups excluding carboxylic acids is 2. The second-order valence-electron chi connectivity index (χ2n) is 6.98. The zero-order valence-corrected chi connectivity index (χ0v) is 17.2. The molecular formula is C23H27N3O4. The number of methoxy groups -OCH3 is 2. The van der Waals surface area contributed by atoms with E-state index in [1.165, 1.54) is 12.0 Å². The van der Waals surface area contributed by atoms with Crippen molar-refractivity contribution >= 4 is 17.5 Å². The van der Waals surface area contributed by atoms with E-state index in [2.05, 4.69) is 17.2 Å². The SMILES string of the molecule is C=CCN1C(=O)[C@H](OC)[C@@H](Nc2ccc(OC)cc2)[C@@H]1C(=O)NCc1ccccc1. The van der Waals surface area contributed by atoms with Crippen LogP contribution < -0.4 is 15.4 Å². The van der Waals surface area contributed by atoms with Crippen molar-refractivity contribution in [2.75, 3.05) is 26.1 Å². The van der Waals surface area contributed by atoms with Crippen molar-refractivity contribution in [2.24, 2.45) is 0 Å².